The molecule has 4 nitrogen and oxygen atoms in total. The number of alkyl halides is 3. The third-order valence-electron chi connectivity index (χ3n) is 3.37. The quantitative estimate of drug-likeness (QED) is 0.465. The predicted molar refractivity (Wildman–Crippen MR) is 93.1 cm³/mol. The first-order valence-electron chi connectivity index (χ1n) is 7.60. The molecule has 0 amide bonds. The molecule has 0 unspecified atom stereocenters. The number of hydrogen-bond acceptors (Lipinski definition) is 4. The summed E-state index contributed by atoms with van der Waals surface area (Å²) in [5.74, 6) is -1.63. The number of halogens is 5. The molecule has 27 heavy (non-hydrogen) atoms. The van der Waals surface area contributed by atoms with Gasteiger partial charge in [-0.15, -0.1) is 0 Å². The fraction of sp³-hybridized carbons (Fsp3) is 0.222. The van der Waals surface area contributed by atoms with Crippen molar-refractivity contribution in [1.29, 1.82) is 0 Å². The van der Waals surface area contributed by atoms with E-state index in [9.17, 15) is 22.8 Å². The lowest BCUT2D eigenvalue weighted by molar-refractivity contribution is -0.141. The van der Waals surface area contributed by atoms with Crippen molar-refractivity contribution in [3.05, 3.63) is 57.6 Å². The number of benzene rings is 2. The molecule has 0 aliphatic heterocycles. The molecule has 144 valence electrons. The number of rotatable bonds is 5. The van der Waals surface area contributed by atoms with Crippen LogP contribution in [0.25, 0.3) is 0 Å². The first kappa shape index (κ1) is 21.1. The Bertz CT molecular complexity index is 866. The average molecular weight is 421 g/mol. The van der Waals surface area contributed by atoms with E-state index in [-0.39, 0.29) is 24.3 Å². The highest BCUT2D eigenvalue weighted by atomic mass is 35.5. The predicted octanol–water partition coefficient (Wildman–Crippen LogP) is 5.61. The van der Waals surface area contributed by atoms with Crippen LogP contribution in [0.1, 0.15) is 24.0 Å². The van der Waals surface area contributed by atoms with E-state index in [1.54, 1.807) is 19.1 Å². The summed E-state index contributed by atoms with van der Waals surface area (Å²) in [6, 6.07) is 7.35. The number of carbonyl (C=O) groups excluding carboxylic acids is 2. The van der Waals surface area contributed by atoms with Gasteiger partial charge < -0.3 is 9.47 Å². The lowest BCUT2D eigenvalue weighted by atomic mass is 10.2. The van der Waals surface area contributed by atoms with Crippen LogP contribution in [0.2, 0.25) is 10.0 Å². The number of aryl methyl sites for hydroxylation is 1. The maximum absolute atomic E-state index is 12.8. The van der Waals surface area contributed by atoms with Gasteiger partial charge >= 0.3 is 18.1 Å². The van der Waals surface area contributed by atoms with E-state index < -0.39 is 28.7 Å². The minimum Gasteiger partial charge on any atom is -0.427 e. The van der Waals surface area contributed by atoms with Crippen LogP contribution in [0.5, 0.6) is 11.5 Å². The fourth-order valence-corrected chi connectivity index (χ4v) is 2.38. The topological polar surface area (TPSA) is 52.6 Å². The molecular formula is C18H13Cl2F3O4. The molecular weight excluding hydrogens is 408 g/mol. The molecule has 2 aromatic carbocycles. The summed E-state index contributed by atoms with van der Waals surface area (Å²) in [5, 5.41) is 0.00343. The SMILES string of the molecule is Cc1cc(OC(=O)CCC(=O)Oc2ccc(Cl)c(C(F)(F)F)c2)ccc1Cl. The molecule has 9 heteroatoms. The maximum atomic E-state index is 12.8. The Morgan fingerprint density at radius 1 is 0.889 bits per heavy atom. The van der Waals surface area contributed by atoms with Crippen molar-refractivity contribution >= 4 is 35.1 Å². The molecule has 0 atom stereocenters. The van der Waals surface area contributed by atoms with Crippen LogP contribution < -0.4 is 9.47 Å². The maximum Gasteiger partial charge on any atom is 0.417 e. The molecule has 0 saturated heterocycles. The minimum absolute atomic E-state index is 0.266. The molecule has 2 aromatic rings. The molecule has 0 bridgehead atoms. The third-order valence-corrected chi connectivity index (χ3v) is 4.12. The minimum atomic E-state index is -4.68. The molecule has 0 fully saturated rings. The Balaban J connectivity index is 1.90. The number of ether oxygens (including phenoxy) is 2. The van der Waals surface area contributed by atoms with E-state index in [0.29, 0.717) is 16.7 Å². The lowest BCUT2D eigenvalue weighted by Crippen LogP contribution is -2.14. The summed E-state index contributed by atoms with van der Waals surface area (Å²) in [7, 11) is 0. The zero-order chi connectivity index (χ0) is 20.2. The van der Waals surface area contributed by atoms with E-state index >= 15 is 0 Å². The molecule has 0 aromatic heterocycles. The second-order valence-electron chi connectivity index (χ2n) is 5.50. The van der Waals surface area contributed by atoms with Crippen LogP contribution >= 0.6 is 23.2 Å². The van der Waals surface area contributed by atoms with Gasteiger partial charge in [0, 0.05) is 5.02 Å². The third kappa shape index (κ3) is 6.15. The van der Waals surface area contributed by atoms with Crippen molar-refractivity contribution in [3.8, 4) is 11.5 Å². The van der Waals surface area contributed by atoms with E-state index in [1.165, 1.54) is 6.07 Å². The zero-order valence-corrected chi connectivity index (χ0v) is 15.4. The molecule has 0 aliphatic carbocycles. The number of hydrogen-bond donors (Lipinski definition) is 0. The van der Waals surface area contributed by atoms with Gasteiger partial charge in [-0.3, -0.25) is 9.59 Å². The molecule has 2 rings (SSSR count). The van der Waals surface area contributed by atoms with Gasteiger partial charge in [0.25, 0.3) is 0 Å². The molecule has 0 saturated carbocycles. The molecule has 0 heterocycles. The first-order valence-corrected chi connectivity index (χ1v) is 8.36. The van der Waals surface area contributed by atoms with Gasteiger partial charge in [-0.25, -0.2) is 0 Å². The molecule has 0 N–H and O–H groups in total. The lowest BCUT2D eigenvalue weighted by Gasteiger charge is -2.11. The molecule has 0 radical (unpaired) electrons. The summed E-state index contributed by atoms with van der Waals surface area (Å²) in [5.41, 5.74) is -0.406. The van der Waals surface area contributed by atoms with Gasteiger partial charge in [0.1, 0.15) is 11.5 Å². The Hall–Kier alpha value is -2.25. The van der Waals surface area contributed by atoms with E-state index in [2.05, 4.69) is 0 Å². The Labute approximate surface area is 162 Å². The molecule has 0 spiro atoms. The monoisotopic (exact) mass is 420 g/mol. The van der Waals surface area contributed by atoms with Gasteiger partial charge in [-0.05, 0) is 48.9 Å². The van der Waals surface area contributed by atoms with E-state index in [1.807, 2.05) is 0 Å². The van der Waals surface area contributed by atoms with Crippen LogP contribution in [0.15, 0.2) is 36.4 Å². The normalized spacial score (nSPS) is 11.2. The van der Waals surface area contributed by atoms with Crippen molar-refractivity contribution in [3.63, 3.8) is 0 Å². The number of carbonyl (C=O) groups is 2. The summed E-state index contributed by atoms with van der Waals surface area (Å²) >= 11 is 11.4. The van der Waals surface area contributed by atoms with Crippen molar-refractivity contribution in [2.45, 2.75) is 25.9 Å². The Kier molecular flexibility index (Phi) is 6.73. The van der Waals surface area contributed by atoms with Crippen LogP contribution in [0.3, 0.4) is 0 Å². The van der Waals surface area contributed by atoms with Crippen LogP contribution in [0.4, 0.5) is 13.2 Å². The van der Waals surface area contributed by atoms with Crippen molar-refractivity contribution in [2.24, 2.45) is 0 Å². The number of esters is 2. The largest absolute Gasteiger partial charge is 0.427 e. The highest BCUT2D eigenvalue weighted by Crippen LogP contribution is 2.36. The second-order valence-corrected chi connectivity index (χ2v) is 6.31. The summed E-state index contributed by atoms with van der Waals surface area (Å²) < 4.78 is 48.2. The Morgan fingerprint density at radius 3 is 1.85 bits per heavy atom. The van der Waals surface area contributed by atoms with E-state index in [0.717, 1.165) is 12.1 Å². The van der Waals surface area contributed by atoms with Gasteiger partial charge in [0.05, 0.1) is 23.4 Å². The highest BCUT2D eigenvalue weighted by molar-refractivity contribution is 6.31. The average Bonchev–Trinajstić information content (AvgIpc) is 2.57. The van der Waals surface area contributed by atoms with Gasteiger partial charge in [0.2, 0.25) is 0 Å². The first-order chi connectivity index (χ1) is 12.6. The summed E-state index contributed by atoms with van der Waals surface area (Å²) in [6.45, 7) is 1.73. The molecule has 0 aliphatic rings. The Morgan fingerprint density at radius 2 is 1.37 bits per heavy atom. The summed E-state index contributed by atoms with van der Waals surface area (Å²) in [6.07, 6.45) is -5.35. The van der Waals surface area contributed by atoms with Gasteiger partial charge in [0.15, 0.2) is 0 Å². The van der Waals surface area contributed by atoms with E-state index in [4.69, 9.17) is 32.7 Å². The van der Waals surface area contributed by atoms with Crippen molar-refractivity contribution in [1.82, 2.24) is 0 Å². The zero-order valence-electron chi connectivity index (χ0n) is 13.9. The van der Waals surface area contributed by atoms with Crippen molar-refractivity contribution in [2.75, 3.05) is 0 Å². The van der Waals surface area contributed by atoms with Gasteiger partial charge in [-0.2, -0.15) is 13.2 Å². The van der Waals surface area contributed by atoms with Gasteiger partial charge in [-0.1, -0.05) is 23.2 Å². The second kappa shape index (κ2) is 8.63. The summed E-state index contributed by atoms with van der Waals surface area (Å²) in [4.78, 5) is 23.5. The fourth-order valence-electron chi connectivity index (χ4n) is 2.03. The smallest absolute Gasteiger partial charge is 0.417 e. The van der Waals surface area contributed by atoms with Crippen LogP contribution in [-0.4, -0.2) is 11.9 Å². The van der Waals surface area contributed by atoms with Crippen molar-refractivity contribution < 1.29 is 32.2 Å². The standard InChI is InChI=1S/C18H13Cl2F3O4/c1-10-8-11(2-4-14(10)19)26-16(24)6-7-17(25)27-12-3-5-15(20)13(9-12)18(21,22)23/h2-5,8-9H,6-7H2,1H3. The highest BCUT2D eigenvalue weighted by Gasteiger charge is 2.33. The van der Waals surface area contributed by atoms with Crippen LogP contribution in [-0.2, 0) is 15.8 Å². The van der Waals surface area contributed by atoms with Crippen LogP contribution in [0, 0.1) is 6.92 Å².